The van der Waals surface area contributed by atoms with Gasteiger partial charge in [0.25, 0.3) is 0 Å². The van der Waals surface area contributed by atoms with E-state index in [4.69, 9.17) is 13.6 Å². The summed E-state index contributed by atoms with van der Waals surface area (Å²) in [6.07, 6.45) is 3.60. The fourth-order valence-electron chi connectivity index (χ4n) is 3.06. The number of Topliss-reactive ketones (excluding diaryl/α,β-unsaturated/α-hetero) is 1. The van der Waals surface area contributed by atoms with Gasteiger partial charge in [0.2, 0.25) is 5.78 Å². The zero-order chi connectivity index (χ0) is 27.1. The summed E-state index contributed by atoms with van der Waals surface area (Å²) in [4.78, 5) is 12.9. The molecule has 0 radical (unpaired) electrons. The van der Waals surface area contributed by atoms with Crippen LogP contribution in [0.3, 0.4) is 0 Å². The van der Waals surface area contributed by atoms with Gasteiger partial charge in [0.15, 0.2) is 16.6 Å². The smallest absolute Gasteiger partial charge is 0.236 e. The van der Waals surface area contributed by atoms with Crippen LogP contribution in [-0.4, -0.2) is 42.2 Å². The number of ketones is 1. The molecule has 0 saturated heterocycles. The van der Waals surface area contributed by atoms with Crippen molar-refractivity contribution in [3.8, 4) is 17.6 Å². The highest BCUT2D eigenvalue weighted by atomic mass is 28.4. The largest absolute Gasteiger partial charge is 0.496 e. The predicted molar refractivity (Wildman–Crippen MR) is 153 cm³/mol. The number of hydrogen-bond donors (Lipinski definition) is 0. The van der Waals surface area contributed by atoms with Gasteiger partial charge < -0.3 is 13.6 Å². The van der Waals surface area contributed by atoms with E-state index in [9.17, 15) is 4.79 Å². The van der Waals surface area contributed by atoms with E-state index in [0.29, 0.717) is 30.8 Å². The van der Waals surface area contributed by atoms with Crippen molar-refractivity contribution in [2.24, 2.45) is 0 Å². The molecule has 0 aliphatic rings. The molecule has 0 unspecified atom stereocenters. The molecule has 196 valence electrons. The van der Waals surface area contributed by atoms with Crippen molar-refractivity contribution >= 4 is 22.4 Å². The summed E-state index contributed by atoms with van der Waals surface area (Å²) in [6.45, 7) is 26.9. The number of rotatable bonds is 11. The van der Waals surface area contributed by atoms with Gasteiger partial charge in [-0.1, -0.05) is 59.6 Å². The zero-order valence-corrected chi connectivity index (χ0v) is 26.1. The second kappa shape index (κ2) is 12.5. The van der Waals surface area contributed by atoms with Gasteiger partial charge in [0.1, 0.15) is 5.75 Å². The molecular formula is C29H48O4Si2. The van der Waals surface area contributed by atoms with Crippen molar-refractivity contribution in [2.75, 3.05) is 13.7 Å². The lowest BCUT2D eigenvalue weighted by molar-refractivity contribution is 0.101. The van der Waals surface area contributed by atoms with Gasteiger partial charge in [-0.3, -0.25) is 4.79 Å². The first kappa shape index (κ1) is 31.4. The van der Waals surface area contributed by atoms with E-state index in [1.807, 2.05) is 12.1 Å². The molecule has 6 heteroatoms. The monoisotopic (exact) mass is 516 g/mol. The van der Waals surface area contributed by atoms with Crippen LogP contribution >= 0.6 is 0 Å². The van der Waals surface area contributed by atoms with Crippen LogP contribution in [0.1, 0.15) is 70.3 Å². The Labute approximate surface area is 217 Å². The summed E-state index contributed by atoms with van der Waals surface area (Å²) in [6, 6.07) is 5.48. The normalized spacial score (nSPS) is 13.6. The molecule has 0 N–H and O–H groups in total. The van der Waals surface area contributed by atoms with E-state index >= 15 is 0 Å². The standard InChI is InChI=1S/C29H48O4Si2/c1-13-17-25-24(19-16-21-27(25)31-8)26(30)20-15-14-18-23(33-35(11,12)29(5,6)7)22-32-34(9,10)28(2,3)4/h13,16,19,21,23H,1,14,17-18,22H2,2-12H3/t23-/m1/s1. The van der Waals surface area contributed by atoms with Gasteiger partial charge in [0, 0.05) is 17.5 Å². The molecule has 0 aromatic heterocycles. The van der Waals surface area contributed by atoms with Crippen molar-refractivity contribution in [3.63, 3.8) is 0 Å². The van der Waals surface area contributed by atoms with E-state index in [1.165, 1.54) is 0 Å². The number of carbonyl (C=O) groups is 1. The van der Waals surface area contributed by atoms with Gasteiger partial charge in [-0.15, -0.1) is 6.58 Å². The number of ether oxygens (including phenoxy) is 1. The highest BCUT2D eigenvalue weighted by molar-refractivity contribution is 6.74. The van der Waals surface area contributed by atoms with Crippen LogP contribution in [0.5, 0.6) is 5.75 Å². The molecule has 0 spiro atoms. The summed E-state index contributed by atoms with van der Waals surface area (Å²) in [5, 5.41) is 0.248. The first-order valence-electron chi connectivity index (χ1n) is 12.6. The van der Waals surface area contributed by atoms with Crippen LogP contribution in [0.25, 0.3) is 0 Å². The number of carbonyl (C=O) groups excluding carboxylic acids is 1. The Morgan fingerprint density at radius 3 is 2.17 bits per heavy atom. The fourth-order valence-corrected chi connectivity index (χ4v) is 5.46. The molecule has 1 rings (SSSR count). The summed E-state index contributed by atoms with van der Waals surface area (Å²) < 4.78 is 18.7. The van der Waals surface area contributed by atoms with Crippen molar-refractivity contribution in [1.29, 1.82) is 0 Å². The van der Waals surface area contributed by atoms with Gasteiger partial charge in [-0.25, -0.2) is 0 Å². The van der Waals surface area contributed by atoms with Crippen molar-refractivity contribution in [2.45, 2.75) is 103 Å². The second-order valence-corrected chi connectivity index (χ2v) is 21.8. The summed E-state index contributed by atoms with van der Waals surface area (Å²) >= 11 is 0. The van der Waals surface area contributed by atoms with Gasteiger partial charge >= 0.3 is 0 Å². The summed E-state index contributed by atoms with van der Waals surface area (Å²) in [5.74, 6) is 6.43. The molecule has 0 amide bonds. The summed E-state index contributed by atoms with van der Waals surface area (Å²) in [5.41, 5.74) is 1.40. The van der Waals surface area contributed by atoms with E-state index in [-0.39, 0.29) is 22.0 Å². The molecule has 4 nitrogen and oxygen atoms in total. The third-order valence-corrected chi connectivity index (χ3v) is 16.5. The molecular weight excluding hydrogens is 468 g/mol. The van der Waals surface area contributed by atoms with Crippen LogP contribution in [-0.2, 0) is 15.3 Å². The first-order chi connectivity index (χ1) is 16.0. The van der Waals surface area contributed by atoms with Crippen LogP contribution in [0.2, 0.25) is 36.3 Å². The van der Waals surface area contributed by atoms with E-state index < -0.39 is 16.6 Å². The Balaban J connectivity index is 3.01. The first-order valence-corrected chi connectivity index (χ1v) is 18.4. The number of hydrogen-bond acceptors (Lipinski definition) is 4. The van der Waals surface area contributed by atoms with Gasteiger partial charge in [-0.2, -0.15) is 0 Å². The Kier molecular flexibility index (Phi) is 11.2. The fraction of sp³-hybridized carbons (Fsp3) is 0.621. The number of methoxy groups -OCH3 is 1. The lowest BCUT2D eigenvalue weighted by atomic mass is 10.00. The number of allylic oxidation sites excluding steroid dienone is 1. The molecule has 1 aromatic rings. The highest BCUT2D eigenvalue weighted by Crippen LogP contribution is 2.39. The zero-order valence-electron chi connectivity index (χ0n) is 24.1. The van der Waals surface area contributed by atoms with E-state index in [0.717, 1.165) is 12.0 Å². The minimum Gasteiger partial charge on any atom is -0.496 e. The molecule has 0 heterocycles. The van der Waals surface area contributed by atoms with E-state index in [1.54, 1.807) is 19.3 Å². The minimum absolute atomic E-state index is 0.0393. The van der Waals surface area contributed by atoms with Crippen LogP contribution in [0.4, 0.5) is 0 Å². The van der Waals surface area contributed by atoms with Crippen molar-refractivity contribution < 1.29 is 18.4 Å². The highest BCUT2D eigenvalue weighted by Gasteiger charge is 2.41. The molecule has 0 bridgehead atoms. The Hall–Kier alpha value is -1.66. The lowest BCUT2D eigenvalue weighted by Crippen LogP contribution is -2.47. The Morgan fingerprint density at radius 2 is 1.66 bits per heavy atom. The molecule has 0 aliphatic heterocycles. The van der Waals surface area contributed by atoms with Gasteiger partial charge in [-0.05, 0) is 67.2 Å². The van der Waals surface area contributed by atoms with Crippen LogP contribution in [0.15, 0.2) is 30.9 Å². The van der Waals surface area contributed by atoms with Gasteiger partial charge in [0.05, 0.1) is 19.8 Å². The predicted octanol–water partition coefficient (Wildman–Crippen LogP) is 7.80. The second-order valence-electron chi connectivity index (χ2n) is 12.2. The maximum absolute atomic E-state index is 12.9. The van der Waals surface area contributed by atoms with E-state index in [2.05, 4.69) is 86.2 Å². The molecule has 1 aromatic carbocycles. The maximum Gasteiger partial charge on any atom is 0.236 e. The third-order valence-electron chi connectivity index (χ3n) is 7.44. The Morgan fingerprint density at radius 1 is 1.06 bits per heavy atom. The quantitative estimate of drug-likeness (QED) is 0.0989. The molecule has 0 aliphatic carbocycles. The molecule has 35 heavy (non-hydrogen) atoms. The van der Waals surface area contributed by atoms with Crippen LogP contribution < -0.4 is 4.74 Å². The lowest BCUT2D eigenvalue weighted by Gasteiger charge is -2.41. The van der Waals surface area contributed by atoms with Crippen LogP contribution in [0, 0.1) is 11.8 Å². The average molecular weight is 517 g/mol. The maximum atomic E-state index is 12.9. The molecule has 1 atom stereocenters. The third kappa shape index (κ3) is 9.06. The molecule has 0 saturated carbocycles. The number of benzene rings is 1. The topological polar surface area (TPSA) is 44.8 Å². The van der Waals surface area contributed by atoms with Crippen molar-refractivity contribution in [3.05, 3.63) is 42.0 Å². The SMILES string of the molecule is C=CCc1c(OC)cccc1C(=O)C#CCC[C@H](CO[Si](C)(C)C(C)(C)C)O[Si](C)(C)C(C)(C)C. The Bertz CT molecular complexity index is 925. The summed E-state index contributed by atoms with van der Waals surface area (Å²) in [7, 11) is -2.26. The minimum atomic E-state index is -1.98. The van der Waals surface area contributed by atoms with Crippen molar-refractivity contribution in [1.82, 2.24) is 0 Å². The average Bonchev–Trinajstić information content (AvgIpc) is 2.73. The molecule has 0 fully saturated rings.